The van der Waals surface area contributed by atoms with Gasteiger partial charge in [0.2, 0.25) is 0 Å². The molecular weight excluding hydrogens is 224 g/mol. The second-order valence-electron chi connectivity index (χ2n) is 3.85. The molecule has 0 aliphatic heterocycles. The lowest BCUT2D eigenvalue weighted by atomic mass is 10.1. The molecule has 1 aliphatic rings. The molecule has 1 aliphatic carbocycles. The topological polar surface area (TPSA) is 55.1 Å². The molecule has 0 bridgehead atoms. The van der Waals surface area contributed by atoms with E-state index in [4.69, 9.17) is 17.3 Å². The Morgan fingerprint density at radius 2 is 2.06 bits per heavy atom. The number of amides is 1. The van der Waals surface area contributed by atoms with E-state index in [1.54, 1.807) is 18.2 Å². The highest BCUT2D eigenvalue weighted by Crippen LogP contribution is 2.19. The van der Waals surface area contributed by atoms with E-state index in [9.17, 15) is 4.79 Å². The summed E-state index contributed by atoms with van der Waals surface area (Å²) in [7, 11) is 0. The maximum absolute atomic E-state index is 11.9. The zero-order valence-electron chi connectivity index (χ0n) is 8.74. The fraction of sp³-hybridized carbons (Fsp3) is 0.250. The Bertz CT molecular complexity index is 435. The van der Waals surface area contributed by atoms with Gasteiger partial charge in [-0.05, 0) is 31.0 Å². The number of rotatable bonds is 2. The van der Waals surface area contributed by atoms with E-state index in [0.29, 0.717) is 16.3 Å². The summed E-state index contributed by atoms with van der Waals surface area (Å²) in [5.41, 5.74) is 6.60. The van der Waals surface area contributed by atoms with Crippen LogP contribution in [0.1, 0.15) is 23.2 Å². The Hall–Kier alpha value is -1.48. The summed E-state index contributed by atoms with van der Waals surface area (Å²) in [6.07, 6.45) is 5.88. The van der Waals surface area contributed by atoms with Crippen molar-refractivity contribution in [2.24, 2.45) is 0 Å². The number of nitrogens with two attached hydrogens (primary N) is 1. The van der Waals surface area contributed by atoms with Gasteiger partial charge in [0.1, 0.15) is 0 Å². The maximum Gasteiger partial charge on any atom is 0.253 e. The summed E-state index contributed by atoms with van der Waals surface area (Å²) in [6, 6.07) is 5.10. The van der Waals surface area contributed by atoms with Gasteiger partial charge in [-0.1, -0.05) is 23.8 Å². The molecule has 0 fully saturated rings. The standard InChI is InChI=1S/C12H13ClN2O/c13-11-6-5-8(14)7-10(11)12(16)15-9-3-1-2-4-9/h1-2,5-7,9H,3-4,14H2,(H,15,16). The third kappa shape index (κ3) is 2.36. The first-order valence-corrected chi connectivity index (χ1v) is 5.55. The van der Waals surface area contributed by atoms with E-state index >= 15 is 0 Å². The zero-order chi connectivity index (χ0) is 11.5. The van der Waals surface area contributed by atoms with Gasteiger partial charge in [0.15, 0.2) is 0 Å². The van der Waals surface area contributed by atoms with Crippen LogP contribution in [-0.2, 0) is 0 Å². The minimum atomic E-state index is -0.161. The van der Waals surface area contributed by atoms with Crippen molar-refractivity contribution in [3.8, 4) is 0 Å². The van der Waals surface area contributed by atoms with Crippen LogP contribution in [0.2, 0.25) is 5.02 Å². The molecule has 0 saturated carbocycles. The first kappa shape index (κ1) is 11.0. The molecule has 1 amide bonds. The third-order valence-electron chi connectivity index (χ3n) is 2.58. The average Bonchev–Trinajstić information content (AvgIpc) is 2.74. The van der Waals surface area contributed by atoms with Crippen molar-refractivity contribution in [3.05, 3.63) is 40.9 Å². The van der Waals surface area contributed by atoms with Gasteiger partial charge < -0.3 is 11.1 Å². The van der Waals surface area contributed by atoms with E-state index in [1.165, 1.54) is 0 Å². The summed E-state index contributed by atoms with van der Waals surface area (Å²) in [4.78, 5) is 11.9. The molecule has 1 aromatic carbocycles. The average molecular weight is 237 g/mol. The number of halogens is 1. The Morgan fingerprint density at radius 1 is 1.38 bits per heavy atom. The SMILES string of the molecule is Nc1ccc(Cl)c(C(=O)NC2CC=CC2)c1. The fourth-order valence-corrected chi connectivity index (χ4v) is 1.92. The summed E-state index contributed by atoms with van der Waals surface area (Å²) >= 11 is 5.94. The van der Waals surface area contributed by atoms with Crippen molar-refractivity contribution in [3.63, 3.8) is 0 Å². The molecule has 2 rings (SSSR count). The van der Waals surface area contributed by atoms with Gasteiger partial charge in [-0.25, -0.2) is 0 Å². The Balaban J connectivity index is 2.10. The number of hydrogen-bond donors (Lipinski definition) is 2. The first-order chi connectivity index (χ1) is 7.66. The van der Waals surface area contributed by atoms with Crippen LogP contribution in [0.3, 0.4) is 0 Å². The van der Waals surface area contributed by atoms with E-state index in [-0.39, 0.29) is 11.9 Å². The lowest BCUT2D eigenvalue weighted by Gasteiger charge is -2.13. The van der Waals surface area contributed by atoms with Crippen molar-refractivity contribution in [1.29, 1.82) is 0 Å². The molecule has 0 radical (unpaired) electrons. The minimum Gasteiger partial charge on any atom is -0.399 e. The molecule has 84 valence electrons. The molecule has 4 heteroatoms. The predicted molar refractivity (Wildman–Crippen MR) is 65.5 cm³/mol. The largest absolute Gasteiger partial charge is 0.399 e. The van der Waals surface area contributed by atoms with Crippen LogP contribution in [0.15, 0.2) is 30.4 Å². The fourth-order valence-electron chi connectivity index (χ4n) is 1.72. The highest BCUT2D eigenvalue weighted by atomic mass is 35.5. The van der Waals surface area contributed by atoms with E-state index in [2.05, 4.69) is 17.5 Å². The number of benzene rings is 1. The van der Waals surface area contributed by atoms with E-state index < -0.39 is 0 Å². The van der Waals surface area contributed by atoms with Crippen molar-refractivity contribution in [2.75, 3.05) is 5.73 Å². The predicted octanol–water partition coefficient (Wildman–Crippen LogP) is 2.37. The summed E-state index contributed by atoms with van der Waals surface area (Å²) < 4.78 is 0. The molecule has 0 heterocycles. The van der Waals surface area contributed by atoms with Crippen LogP contribution >= 0.6 is 11.6 Å². The van der Waals surface area contributed by atoms with Crippen molar-refractivity contribution < 1.29 is 4.79 Å². The van der Waals surface area contributed by atoms with Crippen LogP contribution in [-0.4, -0.2) is 11.9 Å². The molecule has 3 nitrogen and oxygen atoms in total. The summed E-state index contributed by atoms with van der Waals surface area (Å²) in [5.74, 6) is -0.161. The van der Waals surface area contributed by atoms with Crippen LogP contribution in [0, 0.1) is 0 Å². The minimum absolute atomic E-state index is 0.161. The Morgan fingerprint density at radius 3 is 2.75 bits per heavy atom. The van der Waals surface area contributed by atoms with Crippen molar-refractivity contribution in [2.45, 2.75) is 18.9 Å². The van der Waals surface area contributed by atoms with E-state index in [0.717, 1.165) is 12.8 Å². The summed E-state index contributed by atoms with van der Waals surface area (Å²) in [6.45, 7) is 0. The smallest absolute Gasteiger partial charge is 0.253 e. The first-order valence-electron chi connectivity index (χ1n) is 5.17. The third-order valence-corrected chi connectivity index (χ3v) is 2.91. The van der Waals surface area contributed by atoms with Gasteiger partial charge in [-0.15, -0.1) is 0 Å². The second kappa shape index (κ2) is 4.58. The van der Waals surface area contributed by atoms with Crippen LogP contribution < -0.4 is 11.1 Å². The Kier molecular flexibility index (Phi) is 3.15. The van der Waals surface area contributed by atoms with Gasteiger partial charge in [-0.3, -0.25) is 4.79 Å². The highest BCUT2D eigenvalue weighted by molar-refractivity contribution is 6.34. The van der Waals surface area contributed by atoms with Crippen LogP contribution in [0.4, 0.5) is 5.69 Å². The molecule has 16 heavy (non-hydrogen) atoms. The number of anilines is 1. The van der Waals surface area contributed by atoms with Crippen LogP contribution in [0.25, 0.3) is 0 Å². The van der Waals surface area contributed by atoms with Gasteiger partial charge in [0.25, 0.3) is 5.91 Å². The van der Waals surface area contributed by atoms with Gasteiger partial charge in [0.05, 0.1) is 10.6 Å². The molecule has 0 spiro atoms. The number of carbonyl (C=O) groups is 1. The number of carbonyl (C=O) groups excluding carboxylic acids is 1. The molecule has 0 unspecified atom stereocenters. The number of nitrogen functional groups attached to an aromatic ring is 1. The molecule has 0 aromatic heterocycles. The monoisotopic (exact) mass is 236 g/mol. The molecule has 0 saturated heterocycles. The van der Waals surface area contributed by atoms with Gasteiger partial charge in [0, 0.05) is 11.7 Å². The second-order valence-corrected chi connectivity index (χ2v) is 4.26. The lowest BCUT2D eigenvalue weighted by molar-refractivity contribution is 0.0939. The maximum atomic E-state index is 11.9. The quantitative estimate of drug-likeness (QED) is 0.612. The van der Waals surface area contributed by atoms with Crippen molar-refractivity contribution in [1.82, 2.24) is 5.32 Å². The molecule has 0 atom stereocenters. The zero-order valence-corrected chi connectivity index (χ0v) is 9.50. The van der Waals surface area contributed by atoms with Crippen molar-refractivity contribution >= 4 is 23.2 Å². The van der Waals surface area contributed by atoms with Gasteiger partial charge >= 0.3 is 0 Å². The van der Waals surface area contributed by atoms with Crippen LogP contribution in [0.5, 0.6) is 0 Å². The molecular formula is C12H13ClN2O. The van der Waals surface area contributed by atoms with E-state index in [1.807, 2.05) is 0 Å². The Labute approximate surface area is 99.3 Å². The van der Waals surface area contributed by atoms with Gasteiger partial charge in [-0.2, -0.15) is 0 Å². The normalized spacial score (nSPS) is 15.3. The number of nitrogens with one attached hydrogen (secondary N) is 1. The molecule has 3 N–H and O–H groups in total. The number of hydrogen-bond acceptors (Lipinski definition) is 2. The molecule has 1 aromatic rings. The highest BCUT2D eigenvalue weighted by Gasteiger charge is 2.16. The summed E-state index contributed by atoms with van der Waals surface area (Å²) in [5, 5.41) is 3.35. The lowest BCUT2D eigenvalue weighted by Crippen LogP contribution is -2.33.